The van der Waals surface area contributed by atoms with Crippen LogP contribution >= 0.6 is 0 Å². The summed E-state index contributed by atoms with van der Waals surface area (Å²) in [6.07, 6.45) is 1.13. The van der Waals surface area contributed by atoms with Crippen LogP contribution in [0.15, 0.2) is 51.5 Å². The molecule has 0 fully saturated rings. The van der Waals surface area contributed by atoms with Gasteiger partial charge in [0.25, 0.3) is 0 Å². The Bertz CT molecular complexity index is 666. The maximum Gasteiger partial charge on any atom is 0.237 e. The largest absolute Gasteiger partial charge is 0.492 e. The SMILES string of the molecule is COC1=CC(=O)C(C)=C([S@@](=O)c2ccc(C)cc2)C1=O. The van der Waals surface area contributed by atoms with Crippen molar-refractivity contribution in [2.75, 3.05) is 7.11 Å². The summed E-state index contributed by atoms with van der Waals surface area (Å²) >= 11 is 0. The lowest BCUT2D eigenvalue weighted by atomic mass is 10.0. The highest BCUT2D eigenvalue weighted by Gasteiger charge is 2.31. The average Bonchev–Trinajstić information content (AvgIpc) is 2.43. The number of carbonyl (C=O) groups is 2. The monoisotopic (exact) mass is 290 g/mol. The molecule has 0 aliphatic heterocycles. The highest BCUT2D eigenvalue weighted by molar-refractivity contribution is 7.90. The second-order valence-corrected chi connectivity index (χ2v) is 5.86. The van der Waals surface area contributed by atoms with Gasteiger partial charge in [0.1, 0.15) is 4.91 Å². The zero-order valence-electron chi connectivity index (χ0n) is 11.4. The van der Waals surface area contributed by atoms with Crippen molar-refractivity contribution in [2.24, 2.45) is 0 Å². The van der Waals surface area contributed by atoms with Crippen molar-refractivity contribution < 1.29 is 18.5 Å². The van der Waals surface area contributed by atoms with Crippen LogP contribution < -0.4 is 0 Å². The van der Waals surface area contributed by atoms with Gasteiger partial charge in [0.05, 0.1) is 17.9 Å². The zero-order valence-corrected chi connectivity index (χ0v) is 12.2. The maximum absolute atomic E-state index is 12.5. The molecule has 5 heteroatoms. The summed E-state index contributed by atoms with van der Waals surface area (Å²) in [6.45, 7) is 3.42. The summed E-state index contributed by atoms with van der Waals surface area (Å²) in [5, 5.41) is 0. The third-order valence-corrected chi connectivity index (χ3v) is 4.61. The summed E-state index contributed by atoms with van der Waals surface area (Å²) in [6, 6.07) is 7.00. The Morgan fingerprint density at radius 1 is 1.05 bits per heavy atom. The van der Waals surface area contributed by atoms with Gasteiger partial charge in [-0.15, -0.1) is 0 Å². The minimum atomic E-state index is -1.69. The van der Waals surface area contributed by atoms with Crippen molar-refractivity contribution in [3.05, 3.63) is 52.1 Å². The van der Waals surface area contributed by atoms with Gasteiger partial charge in [-0.3, -0.25) is 9.59 Å². The van der Waals surface area contributed by atoms with E-state index in [0.717, 1.165) is 11.6 Å². The minimum absolute atomic E-state index is 0.00166. The Labute approximate surface area is 119 Å². The normalized spacial score (nSPS) is 17.1. The standard InChI is InChI=1S/C15H14O4S/c1-9-4-6-11(7-5-9)20(18)15-10(2)12(16)8-13(19-3)14(15)17/h4-8H,1-3H3/t20-/m0/s1. The van der Waals surface area contributed by atoms with Gasteiger partial charge >= 0.3 is 0 Å². The number of ether oxygens (including phenoxy) is 1. The van der Waals surface area contributed by atoms with Gasteiger partial charge in [-0.1, -0.05) is 17.7 Å². The van der Waals surface area contributed by atoms with Crippen molar-refractivity contribution >= 4 is 22.4 Å². The van der Waals surface area contributed by atoms with E-state index in [0.29, 0.717) is 4.90 Å². The summed E-state index contributed by atoms with van der Waals surface area (Å²) in [7, 11) is -0.383. The number of aryl methyl sites for hydroxylation is 1. The fourth-order valence-corrected chi connectivity index (χ4v) is 3.11. The van der Waals surface area contributed by atoms with Gasteiger partial charge in [0.2, 0.25) is 5.78 Å². The number of carbonyl (C=O) groups excluding carboxylic acids is 2. The summed E-state index contributed by atoms with van der Waals surface area (Å²) in [5.41, 5.74) is 1.23. The third kappa shape index (κ3) is 2.49. The second kappa shape index (κ2) is 5.54. The highest BCUT2D eigenvalue weighted by atomic mass is 32.2. The van der Waals surface area contributed by atoms with Crippen molar-refractivity contribution in [1.29, 1.82) is 0 Å². The van der Waals surface area contributed by atoms with E-state index in [4.69, 9.17) is 4.74 Å². The molecule has 0 N–H and O–H groups in total. The molecule has 0 spiro atoms. The van der Waals surface area contributed by atoms with Crippen LogP contribution in [0, 0.1) is 6.92 Å². The zero-order chi connectivity index (χ0) is 14.9. The van der Waals surface area contributed by atoms with E-state index < -0.39 is 16.6 Å². The molecule has 2 rings (SSSR count). The molecule has 0 saturated carbocycles. The lowest BCUT2D eigenvalue weighted by Crippen LogP contribution is -2.22. The van der Waals surface area contributed by atoms with Crippen LogP contribution in [0.2, 0.25) is 0 Å². The molecule has 1 aliphatic rings. The Hall–Kier alpha value is -2.01. The molecule has 0 radical (unpaired) electrons. The molecular weight excluding hydrogens is 276 g/mol. The smallest absolute Gasteiger partial charge is 0.237 e. The van der Waals surface area contributed by atoms with E-state index in [2.05, 4.69) is 0 Å². The number of allylic oxidation sites excluding steroid dienone is 3. The fraction of sp³-hybridized carbons (Fsp3) is 0.200. The van der Waals surface area contributed by atoms with Gasteiger partial charge in [0.15, 0.2) is 11.5 Å². The van der Waals surface area contributed by atoms with E-state index in [9.17, 15) is 13.8 Å². The average molecular weight is 290 g/mol. The first kappa shape index (κ1) is 14.4. The first-order valence-corrected chi connectivity index (χ1v) is 7.14. The Morgan fingerprint density at radius 3 is 2.20 bits per heavy atom. The first-order valence-electron chi connectivity index (χ1n) is 5.99. The van der Waals surface area contributed by atoms with E-state index in [1.165, 1.54) is 14.0 Å². The lowest BCUT2D eigenvalue weighted by molar-refractivity contribution is -0.117. The Kier molecular flexibility index (Phi) is 3.99. The van der Waals surface area contributed by atoms with E-state index >= 15 is 0 Å². The molecule has 0 bridgehead atoms. The van der Waals surface area contributed by atoms with Gasteiger partial charge in [0, 0.05) is 16.5 Å². The number of hydrogen-bond donors (Lipinski definition) is 0. The van der Waals surface area contributed by atoms with Gasteiger partial charge in [-0.2, -0.15) is 0 Å². The maximum atomic E-state index is 12.5. The topological polar surface area (TPSA) is 60.4 Å². The van der Waals surface area contributed by atoms with Crippen molar-refractivity contribution in [3.63, 3.8) is 0 Å². The number of benzene rings is 1. The number of rotatable bonds is 3. The highest BCUT2D eigenvalue weighted by Crippen LogP contribution is 2.26. The van der Waals surface area contributed by atoms with Gasteiger partial charge < -0.3 is 4.74 Å². The fourth-order valence-electron chi connectivity index (χ4n) is 1.84. The number of Topliss-reactive ketones (excluding diaryl/α,β-unsaturated/α-hetero) is 1. The van der Waals surface area contributed by atoms with E-state index in [1.807, 2.05) is 19.1 Å². The first-order chi connectivity index (χ1) is 9.45. The van der Waals surface area contributed by atoms with E-state index in [1.54, 1.807) is 12.1 Å². The third-order valence-electron chi connectivity index (χ3n) is 3.04. The Balaban J connectivity index is 2.47. The lowest BCUT2D eigenvalue weighted by Gasteiger charge is -2.15. The molecule has 20 heavy (non-hydrogen) atoms. The van der Waals surface area contributed by atoms with E-state index in [-0.39, 0.29) is 22.0 Å². The van der Waals surface area contributed by atoms with Crippen LogP contribution in [0.3, 0.4) is 0 Å². The molecular formula is C15H14O4S. The van der Waals surface area contributed by atoms with Crippen LogP contribution in [0.4, 0.5) is 0 Å². The molecule has 0 heterocycles. The Morgan fingerprint density at radius 2 is 1.65 bits per heavy atom. The minimum Gasteiger partial charge on any atom is -0.492 e. The van der Waals surface area contributed by atoms with Crippen LogP contribution in [-0.4, -0.2) is 22.9 Å². The molecule has 0 aromatic heterocycles. The molecule has 0 unspecified atom stereocenters. The molecule has 1 aliphatic carbocycles. The summed E-state index contributed by atoms with van der Waals surface area (Å²) < 4.78 is 17.4. The molecule has 4 nitrogen and oxygen atoms in total. The van der Waals surface area contributed by atoms with Crippen molar-refractivity contribution in [1.82, 2.24) is 0 Å². The van der Waals surface area contributed by atoms with Crippen LogP contribution in [0.5, 0.6) is 0 Å². The van der Waals surface area contributed by atoms with Crippen molar-refractivity contribution in [3.8, 4) is 0 Å². The van der Waals surface area contributed by atoms with Gasteiger partial charge in [-0.05, 0) is 26.0 Å². The number of hydrogen-bond acceptors (Lipinski definition) is 4. The molecule has 104 valence electrons. The predicted molar refractivity (Wildman–Crippen MR) is 75.4 cm³/mol. The molecule has 0 saturated heterocycles. The van der Waals surface area contributed by atoms with Crippen LogP contribution in [0.25, 0.3) is 0 Å². The number of ketones is 2. The van der Waals surface area contributed by atoms with Crippen molar-refractivity contribution in [2.45, 2.75) is 18.7 Å². The van der Waals surface area contributed by atoms with Crippen LogP contribution in [-0.2, 0) is 25.1 Å². The summed E-state index contributed by atoms with van der Waals surface area (Å²) in [4.78, 5) is 24.5. The molecule has 1 aromatic carbocycles. The van der Waals surface area contributed by atoms with Crippen LogP contribution in [0.1, 0.15) is 12.5 Å². The molecule has 1 atom stereocenters. The number of methoxy groups -OCH3 is 1. The second-order valence-electron chi connectivity index (χ2n) is 4.44. The molecule has 0 amide bonds. The van der Waals surface area contributed by atoms with Gasteiger partial charge in [-0.25, -0.2) is 4.21 Å². The molecule has 1 aromatic rings. The predicted octanol–water partition coefficient (Wildman–Crippen LogP) is 2.06. The quantitative estimate of drug-likeness (QED) is 0.799. The summed E-state index contributed by atoms with van der Waals surface area (Å²) in [5.74, 6) is -0.920.